The van der Waals surface area contributed by atoms with Gasteiger partial charge in [0.15, 0.2) is 17.5 Å². The third-order valence-corrected chi connectivity index (χ3v) is 6.52. The summed E-state index contributed by atoms with van der Waals surface area (Å²) in [5.41, 5.74) is 0.860. The van der Waals surface area contributed by atoms with Crippen molar-refractivity contribution in [2.45, 2.75) is 44.1 Å². The molecule has 0 bridgehead atoms. The van der Waals surface area contributed by atoms with E-state index in [1.807, 2.05) is 0 Å². The number of hydrogen-bond donors (Lipinski definition) is 3. The van der Waals surface area contributed by atoms with E-state index in [0.717, 1.165) is 43.9 Å². The van der Waals surface area contributed by atoms with Crippen LogP contribution in [0.3, 0.4) is 0 Å². The normalized spacial score (nSPS) is 21.0. The van der Waals surface area contributed by atoms with Crippen LogP contribution in [0.25, 0.3) is 22.4 Å². The van der Waals surface area contributed by atoms with Crippen molar-refractivity contribution < 1.29 is 9.18 Å². The molecule has 1 saturated carbocycles. The number of hydrogen-bond acceptors (Lipinski definition) is 5. The predicted octanol–water partition coefficient (Wildman–Crippen LogP) is 4.06. The quantitative estimate of drug-likeness (QED) is 0.582. The molecule has 0 radical (unpaired) electrons. The molecule has 7 nitrogen and oxygen atoms in total. The van der Waals surface area contributed by atoms with Gasteiger partial charge >= 0.3 is 0 Å². The van der Waals surface area contributed by atoms with E-state index in [2.05, 4.69) is 30.6 Å². The van der Waals surface area contributed by atoms with Gasteiger partial charge in [0.25, 0.3) is 0 Å². The number of halogens is 2. The number of carbonyl (C=O) groups excluding carboxylic acids is 1. The van der Waals surface area contributed by atoms with Crippen LogP contribution in [0.2, 0.25) is 5.02 Å². The number of carbonyl (C=O) groups is 1. The molecule has 2 aliphatic rings. The highest BCUT2D eigenvalue weighted by molar-refractivity contribution is 6.31. The Morgan fingerprint density at radius 3 is 2.80 bits per heavy atom. The lowest BCUT2D eigenvalue weighted by Crippen LogP contribution is -2.50. The van der Waals surface area contributed by atoms with E-state index in [4.69, 9.17) is 11.6 Å². The zero-order valence-corrected chi connectivity index (χ0v) is 17.1. The number of aromatic nitrogens is 4. The molecule has 1 saturated heterocycles. The molecule has 1 aliphatic heterocycles. The van der Waals surface area contributed by atoms with Crippen molar-refractivity contribution in [3.8, 4) is 11.4 Å². The Kier molecular flexibility index (Phi) is 4.81. The van der Waals surface area contributed by atoms with Crippen molar-refractivity contribution in [2.24, 2.45) is 5.92 Å². The Labute approximate surface area is 177 Å². The third-order valence-electron chi connectivity index (χ3n) is 6.31. The van der Waals surface area contributed by atoms with Crippen LogP contribution in [0.1, 0.15) is 38.5 Å². The molecule has 1 aliphatic carbocycles. The highest BCUT2D eigenvalue weighted by Crippen LogP contribution is 2.41. The van der Waals surface area contributed by atoms with Gasteiger partial charge in [-0.05, 0) is 25.3 Å². The number of H-pyrrole nitrogens is 1. The van der Waals surface area contributed by atoms with E-state index in [1.54, 1.807) is 18.5 Å². The lowest BCUT2D eigenvalue weighted by molar-refractivity contribution is -0.124. The Hall–Kier alpha value is -2.74. The minimum absolute atomic E-state index is 0.0384. The van der Waals surface area contributed by atoms with Gasteiger partial charge in [-0.15, -0.1) is 0 Å². The summed E-state index contributed by atoms with van der Waals surface area (Å²) in [6.45, 7) is 0.660. The van der Waals surface area contributed by atoms with Crippen molar-refractivity contribution >= 4 is 34.4 Å². The van der Waals surface area contributed by atoms with E-state index in [0.29, 0.717) is 28.6 Å². The number of nitrogens with one attached hydrogen (secondary N) is 3. The number of rotatable bonds is 4. The minimum Gasteiger partial charge on any atom is -0.361 e. The largest absolute Gasteiger partial charge is 0.361 e. The Balaban J connectivity index is 1.54. The smallest absolute Gasteiger partial charge is 0.225 e. The molecular weight excluding hydrogens is 407 g/mol. The number of amides is 1. The summed E-state index contributed by atoms with van der Waals surface area (Å²) >= 11 is 6.10. The van der Waals surface area contributed by atoms with Gasteiger partial charge in [0, 0.05) is 29.9 Å². The van der Waals surface area contributed by atoms with E-state index in [-0.39, 0.29) is 17.6 Å². The summed E-state index contributed by atoms with van der Waals surface area (Å²) in [5.74, 6) is -0.178. The summed E-state index contributed by atoms with van der Waals surface area (Å²) in [6.07, 6.45) is 9.98. The van der Waals surface area contributed by atoms with Crippen LogP contribution in [0.5, 0.6) is 0 Å². The van der Waals surface area contributed by atoms with Gasteiger partial charge in [-0.3, -0.25) is 4.79 Å². The Morgan fingerprint density at radius 2 is 2.03 bits per heavy atom. The van der Waals surface area contributed by atoms with E-state index >= 15 is 0 Å². The Morgan fingerprint density at radius 1 is 1.20 bits per heavy atom. The second-order valence-electron chi connectivity index (χ2n) is 8.12. The van der Waals surface area contributed by atoms with Gasteiger partial charge in [-0.25, -0.2) is 19.3 Å². The average Bonchev–Trinajstić information content (AvgIpc) is 3.36. The van der Waals surface area contributed by atoms with Crippen LogP contribution in [0, 0.1) is 11.7 Å². The SMILES string of the molecule is O=C1NCC[C@H]1C1(Nc2nc(-c3c[nH]c4ncc(Cl)cc34)ncc2F)CCCCC1. The van der Waals surface area contributed by atoms with Crippen molar-refractivity contribution in [3.05, 3.63) is 35.5 Å². The maximum absolute atomic E-state index is 14.8. The molecule has 0 unspecified atom stereocenters. The second kappa shape index (κ2) is 7.50. The van der Waals surface area contributed by atoms with Crippen molar-refractivity contribution in [2.75, 3.05) is 11.9 Å². The van der Waals surface area contributed by atoms with Gasteiger partial charge in [0.1, 0.15) is 5.65 Å². The monoisotopic (exact) mass is 428 g/mol. The summed E-state index contributed by atoms with van der Waals surface area (Å²) in [7, 11) is 0. The third kappa shape index (κ3) is 3.29. The number of pyridine rings is 1. The molecule has 1 atom stereocenters. The molecule has 0 spiro atoms. The number of aromatic amines is 1. The fraction of sp³-hybridized carbons (Fsp3) is 0.429. The average molecular weight is 429 g/mol. The molecular formula is C21H22ClFN6O. The maximum Gasteiger partial charge on any atom is 0.225 e. The minimum atomic E-state index is -0.530. The fourth-order valence-corrected chi connectivity index (χ4v) is 5.01. The molecule has 9 heteroatoms. The summed E-state index contributed by atoms with van der Waals surface area (Å²) in [4.78, 5) is 28.5. The highest BCUT2D eigenvalue weighted by Gasteiger charge is 2.46. The first kappa shape index (κ1) is 19.2. The zero-order valence-electron chi connectivity index (χ0n) is 16.3. The molecule has 0 aromatic carbocycles. The highest BCUT2D eigenvalue weighted by atomic mass is 35.5. The molecule has 5 rings (SSSR count). The second-order valence-corrected chi connectivity index (χ2v) is 8.55. The predicted molar refractivity (Wildman–Crippen MR) is 113 cm³/mol. The first-order chi connectivity index (χ1) is 14.6. The lowest BCUT2D eigenvalue weighted by atomic mass is 9.72. The summed E-state index contributed by atoms with van der Waals surface area (Å²) < 4.78 is 14.8. The lowest BCUT2D eigenvalue weighted by Gasteiger charge is -2.42. The molecule has 4 heterocycles. The Bertz CT molecular complexity index is 1110. The standard InChI is InChI=1S/C21H22ClFN6O/c22-12-8-13-14(10-26-17(13)25-9-12)18-27-11-16(23)19(28-18)29-21(5-2-1-3-6-21)15-4-7-24-20(15)30/h8-11,15H,1-7H2,(H,24,30)(H,25,26)(H,27,28,29)/t15-/m1/s1. The van der Waals surface area contributed by atoms with E-state index in [1.165, 1.54) is 6.20 Å². The molecule has 156 valence electrons. The van der Waals surface area contributed by atoms with E-state index < -0.39 is 11.4 Å². The van der Waals surface area contributed by atoms with Crippen LogP contribution in [0.4, 0.5) is 10.2 Å². The van der Waals surface area contributed by atoms with Gasteiger partial charge < -0.3 is 15.6 Å². The van der Waals surface area contributed by atoms with Crippen LogP contribution >= 0.6 is 11.6 Å². The number of anilines is 1. The van der Waals surface area contributed by atoms with Gasteiger partial charge in [-0.1, -0.05) is 30.9 Å². The van der Waals surface area contributed by atoms with Gasteiger partial charge in [-0.2, -0.15) is 0 Å². The molecule has 2 fully saturated rings. The number of nitrogens with zero attached hydrogens (tertiary/aromatic N) is 3. The van der Waals surface area contributed by atoms with Crippen LogP contribution < -0.4 is 10.6 Å². The molecule has 3 N–H and O–H groups in total. The summed E-state index contributed by atoms with van der Waals surface area (Å²) in [5, 5.41) is 7.54. The van der Waals surface area contributed by atoms with Gasteiger partial charge in [0.2, 0.25) is 5.91 Å². The van der Waals surface area contributed by atoms with Crippen molar-refractivity contribution in [1.82, 2.24) is 25.3 Å². The topological polar surface area (TPSA) is 95.6 Å². The van der Waals surface area contributed by atoms with E-state index in [9.17, 15) is 9.18 Å². The van der Waals surface area contributed by atoms with Crippen molar-refractivity contribution in [1.29, 1.82) is 0 Å². The molecule has 1 amide bonds. The van der Waals surface area contributed by atoms with Crippen LogP contribution in [-0.2, 0) is 4.79 Å². The maximum atomic E-state index is 14.8. The fourth-order valence-electron chi connectivity index (χ4n) is 4.85. The van der Waals surface area contributed by atoms with Gasteiger partial charge in [0.05, 0.1) is 22.7 Å². The molecule has 3 aromatic heterocycles. The van der Waals surface area contributed by atoms with Crippen LogP contribution in [-0.4, -0.2) is 37.9 Å². The molecule has 3 aromatic rings. The number of fused-ring (bicyclic) bond motifs is 1. The first-order valence-corrected chi connectivity index (χ1v) is 10.6. The van der Waals surface area contributed by atoms with Crippen LogP contribution in [0.15, 0.2) is 24.7 Å². The zero-order chi connectivity index (χ0) is 20.7. The van der Waals surface area contributed by atoms with Crippen molar-refractivity contribution in [3.63, 3.8) is 0 Å². The summed E-state index contributed by atoms with van der Waals surface area (Å²) in [6, 6.07) is 1.78. The first-order valence-electron chi connectivity index (χ1n) is 10.3. The molecule has 30 heavy (non-hydrogen) atoms.